The molecule has 1 N–H and O–H groups in total. The predicted octanol–water partition coefficient (Wildman–Crippen LogP) is 2.03. The zero-order valence-electron chi connectivity index (χ0n) is 7.57. The molecular weight excluding hydrogens is 164 g/mol. The van der Waals surface area contributed by atoms with Crippen LogP contribution in [0, 0.1) is 0 Å². The lowest BCUT2D eigenvalue weighted by Gasteiger charge is -2.13. The molecule has 1 aromatic rings. The molecule has 2 heteroatoms. The molecule has 1 aliphatic rings. The first-order chi connectivity index (χ1) is 6.42. The van der Waals surface area contributed by atoms with Crippen molar-refractivity contribution < 1.29 is 9.84 Å². The Morgan fingerprint density at radius 1 is 1.38 bits per heavy atom. The molecule has 1 aliphatic heterocycles. The minimum Gasteiger partial charge on any atom is -0.392 e. The molecule has 0 radical (unpaired) electrons. The molecule has 1 aromatic carbocycles. The smallest absolute Gasteiger partial charge is 0.0829 e. The second kappa shape index (κ2) is 3.90. The number of hydrogen-bond donors (Lipinski definition) is 1. The zero-order chi connectivity index (χ0) is 9.10. The summed E-state index contributed by atoms with van der Waals surface area (Å²) < 4.78 is 5.57. The lowest BCUT2D eigenvalue weighted by atomic mass is 10.0. The summed E-state index contributed by atoms with van der Waals surface area (Å²) in [7, 11) is 0. The van der Waals surface area contributed by atoms with E-state index in [2.05, 4.69) is 0 Å². The van der Waals surface area contributed by atoms with Crippen LogP contribution in [0.5, 0.6) is 0 Å². The molecule has 1 saturated heterocycles. The third-order valence-corrected chi connectivity index (χ3v) is 2.50. The number of aliphatic hydroxyl groups is 1. The topological polar surface area (TPSA) is 29.5 Å². The number of rotatable bonds is 2. The maximum absolute atomic E-state index is 9.12. The summed E-state index contributed by atoms with van der Waals surface area (Å²) in [6.45, 7) is 0.959. The SMILES string of the molecule is OCc1ccccc1C1CCCO1. The summed E-state index contributed by atoms with van der Waals surface area (Å²) in [6.07, 6.45) is 2.42. The van der Waals surface area contributed by atoms with Gasteiger partial charge in [-0.2, -0.15) is 0 Å². The van der Waals surface area contributed by atoms with Crippen molar-refractivity contribution >= 4 is 0 Å². The van der Waals surface area contributed by atoms with Crippen LogP contribution in [-0.2, 0) is 11.3 Å². The Kier molecular flexibility index (Phi) is 2.62. The molecule has 0 aliphatic carbocycles. The van der Waals surface area contributed by atoms with Crippen molar-refractivity contribution in [3.05, 3.63) is 35.4 Å². The van der Waals surface area contributed by atoms with Crippen molar-refractivity contribution in [3.8, 4) is 0 Å². The number of benzene rings is 1. The fourth-order valence-corrected chi connectivity index (χ4v) is 1.82. The third-order valence-electron chi connectivity index (χ3n) is 2.50. The van der Waals surface area contributed by atoms with Gasteiger partial charge in [-0.05, 0) is 24.0 Å². The van der Waals surface area contributed by atoms with Crippen LogP contribution in [-0.4, -0.2) is 11.7 Å². The van der Waals surface area contributed by atoms with Gasteiger partial charge in [0, 0.05) is 6.61 Å². The summed E-state index contributed by atoms with van der Waals surface area (Å²) in [5.41, 5.74) is 2.15. The highest BCUT2D eigenvalue weighted by molar-refractivity contribution is 5.28. The minimum absolute atomic E-state index is 0.107. The predicted molar refractivity (Wildman–Crippen MR) is 50.3 cm³/mol. The molecule has 0 amide bonds. The second-order valence-corrected chi connectivity index (χ2v) is 3.36. The Bertz CT molecular complexity index is 277. The van der Waals surface area contributed by atoms with Gasteiger partial charge < -0.3 is 9.84 Å². The van der Waals surface area contributed by atoms with E-state index >= 15 is 0 Å². The van der Waals surface area contributed by atoms with Gasteiger partial charge in [-0.15, -0.1) is 0 Å². The Hall–Kier alpha value is -0.860. The van der Waals surface area contributed by atoms with Crippen molar-refractivity contribution in [2.45, 2.75) is 25.6 Å². The summed E-state index contributed by atoms with van der Waals surface area (Å²) >= 11 is 0. The molecule has 0 aromatic heterocycles. The van der Waals surface area contributed by atoms with Crippen molar-refractivity contribution in [3.63, 3.8) is 0 Å². The van der Waals surface area contributed by atoms with Gasteiger partial charge in [0.2, 0.25) is 0 Å². The average molecular weight is 178 g/mol. The standard InChI is InChI=1S/C11H14O2/c12-8-9-4-1-2-5-10(9)11-6-3-7-13-11/h1-2,4-5,11-12H,3,6-8H2. The van der Waals surface area contributed by atoms with Gasteiger partial charge in [0.15, 0.2) is 0 Å². The van der Waals surface area contributed by atoms with Crippen LogP contribution in [0.3, 0.4) is 0 Å². The third kappa shape index (κ3) is 1.74. The monoisotopic (exact) mass is 178 g/mol. The van der Waals surface area contributed by atoms with Crippen LogP contribution in [0.4, 0.5) is 0 Å². The molecule has 13 heavy (non-hydrogen) atoms. The zero-order valence-corrected chi connectivity index (χ0v) is 7.57. The largest absolute Gasteiger partial charge is 0.392 e. The van der Waals surface area contributed by atoms with E-state index in [9.17, 15) is 0 Å². The van der Waals surface area contributed by atoms with Gasteiger partial charge in [-0.3, -0.25) is 0 Å². The Labute approximate surface area is 78.2 Å². The van der Waals surface area contributed by atoms with Gasteiger partial charge in [0.25, 0.3) is 0 Å². The Balaban J connectivity index is 2.26. The summed E-state index contributed by atoms with van der Waals surface area (Å²) in [4.78, 5) is 0. The average Bonchev–Trinajstić information content (AvgIpc) is 2.70. The van der Waals surface area contributed by atoms with Crippen LogP contribution >= 0.6 is 0 Å². The first-order valence-electron chi connectivity index (χ1n) is 4.72. The molecule has 1 atom stereocenters. The van der Waals surface area contributed by atoms with Crippen molar-refractivity contribution in [1.82, 2.24) is 0 Å². The maximum Gasteiger partial charge on any atom is 0.0829 e. The first-order valence-corrected chi connectivity index (χ1v) is 4.72. The van der Waals surface area contributed by atoms with E-state index in [0.29, 0.717) is 0 Å². The molecule has 0 saturated carbocycles. The van der Waals surface area contributed by atoms with E-state index < -0.39 is 0 Å². The minimum atomic E-state index is 0.107. The van der Waals surface area contributed by atoms with Crippen LogP contribution in [0.2, 0.25) is 0 Å². The molecule has 70 valence electrons. The van der Waals surface area contributed by atoms with Crippen LogP contribution < -0.4 is 0 Å². The maximum atomic E-state index is 9.12. The number of ether oxygens (including phenoxy) is 1. The first kappa shape index (κ1) is 8.73. The van der Waals surface area contributed by atoms with Gasteiger partial charge in [-0.1, -0.05) is 24.3 Å². The van der Waals surface area contributed by atoms with Gasteiger partial charge in [-0.25, -0.2) is 0 Å². The number of aliphatic hydroxyl groups excluding tert-OH is 1. The van der Waals surface area contributed by atoms with Crippen molar-refractivity contribution in [2.24, 2.45) is 0 Å². The van der Waals surface area contributed by atoms with E-state index in [0.717, 1.165) is 30.6 Å². The summed E-state index contributed by atoms with van der Waals surface area (Å²) in [5.74, 6) is 0. The van der Waals surface area contributed by atoms with Crippen molar-refractivity contribution in [1.29, 1.82) is 0 Å². The molecule has 1 fully saturated rings. The van der Waals surface area contributed by atoms with E-state index in [1.54, 1.807) is 0 Å². The highest BCUT2D eigenvalue weighted by atomic mass is 16.5. The molecule has 0 spiro atoms. The fraction of sp³-hybridized carbons (Fsp3) is 0.455. The van der Waals surface area contributed by atoms with E-state index in [1.165, 1.54) is 0 Å². The molecule has 2 nitrogen and oxygen atoms in total. The molecular formula is C11H14O2. The van der Waals surface area contributed by atoms with Gasteiger partial charge >= 0.3 is 0 Å². The summed E-state index contributed by atoms with van der Waals surface area (Å²) in [6, 6.07) is 7.94. The van der Waals surface area contributed by atoms with E-state index in [1.807, 2.05) is 24.3 Å². The van der Waals surface area contributed by atoms with E-state index in [-0.39, 0.29) is 12.7 Å². The lowest BCUT2D eigenvalue weighted by Crippen LogP contribution is -2.00. The molecule has 1 heterocycles. The Morgan fingerprint density at radius 2 is 2.23 bits per heavy atom. The van der Waals surface area contributed by atoms with Gasteiger partial charge in [0.1, 0.15) is 0 Å². The summed E-state index contributed by atoms with van der Waals surface area (Å²) in [5, 5.41) is 9.12. The highest BCUT2D eigenvalue weighted by Crippen LogP contribution is 2.30. The van der Waals surface area contributed by atoms with Gasteiger partial charge in [0.05, 0.1) is 12.7 Å². The van der Waals surface area contributed by atoms with E-state index in [4.69, 9.17) is 9.84 Å². The van der Waals surface area contributed by atoms with Crippen LogP contribution in [0.1, 0.15) is 30.1 Å². The molecule has 2 rings (SSSR count). The normalized spacial score (nSPS) is 22.1. The molecule has 1 unspecified atom stereocenters. The van der Waals surface area contributed by atoms with Crippen LogP contribution in [0.15, 0.2) is 24.3 Å². The van der Waals surface area contributed by atoms with Crippen LogP contribution in [0.25, 0.3) is 0 Å². The quantitative estimate of drug-likeness (QED) is 0.750. The highest BCUT2D eigenvalue weighted by Gasteiger charge is 2.19. The fourth-order valence-electron chi connectivity index (χ4n) is 1.82. The Morgan fingerprint density at radius 3 is 2.92 bits per heavy atom. The van der Waals surface area contributed by atoms with Crippen molar-refractivity contribution in [2.75, 3.05) is 6.61 Å². The lowest BCUT2D eigenvalue weighted by molar-refractivity contribution is 0.110. The molecule has 0 bridgehead atoms. The number of hydrogen-bond acceptors (Lipinski definition) is 2. The second-order valence-electron chi connectivity index (χ2n) is 3.36.